The Morgan fingerprint density at radius 3 is 2.16 bits per heavy atom. The lowest BCUT2D eigenvalue weighted by molar-refractivity contribution is -0.106. The summed E-state index contributed by atoms with van der Waals surface area (Å²) >= 11 is 0. The molecule has 3 rings (SSSR count). The van der Waals surface area contributed by atoms with Crippen molar-refractivity contribution in [1.29, 1.82) is 5.26 Å². The van der Waals surface area contributed by atoms with Crippen molar-refractivity contribution in [1.82, 2.24) is 3.89 Å². The van der Waals surface area contributed by atoms with E-state index in [4.69, 9.17) is 15.7 Å². The van der Waals surface area contributed by atoms with Gasteiger partial charge in [0.25, 0.3) is 0 Å². The smallest absolute Gasteiger partial charge is 0.408 e. The van der Waals surface area contributed by atoms with Crippen LogP contribution < -0.4 is 14.4 Å². The molecular weight excluding hydrogens is 431 g/mol. The molecule has 0 fully saturated rings. The number of sulfonamides is 1. The number of rotatable bonds is 6. The van der Waals surface area contributed by atoms with E-state index < -0.39 is 25.8 Å². The summed E-state index contributed by atoms with van der Waals surface area (Å²) in [5.74, 6) is -1.16. The van der Waals surface area contributed by atoms with Crippen molar-refractivity contribution >= 4 is 15.7 Å². The fourth-order valence-corrected chi connectivity index (χ4v) is 4.90. The molecule has 0 aromatic heterocycles. The maximum absolute atomic E-state index is 13.0. The SMILES string of the molecule is N#Cc1ccc(Oc2ccc([N+]3(S(=O)(=O)CC(F)(F)F)C=C(CN)C=CC3)cc2)cc1. The van der Waals surface area contributed by atoms with Crippen LogP contribution in [0.5, 0.6) is 11.5 Å². The number of quaternary nitrogens is 1. The van der Waals surface area contributed by atoms with Crippen LogP contribution in [0.3, 0.4) is 0 Å². The highest BCUT2D eigenvalue weighted by molar-refractivity contribution is 7.91. The molecule has 162 valence electrons. The molecule has 0 bridgehead atoms. The Kier molecular flexibility index (Phi) is 6.22. The summed E-state index contributed by atoms with van der Waals surface area (Å²) in [7, 11) is -4.72. The van der Waals surface area contributed by atoms with Crippen molar-refractivity contribution < 1.29 is 26.3 Å². The molecule has 0 amide bonds. The number of nitriles is 1. The van der Waals surface area contributed by atoms with E-state index in [1.165, 1.54) is 36.5 Å². The molecule has 1 aliphatic rings. The Balaban J connectivity index is 1.97. The predicted octanol–water partition coefficient (Wildman–Crippen LogP) is 3.96. The predicted molar refractivity (Wildman–Crippen MR) is 110 cm³/mol. The van der Waals surface area contributed by atoms with Gasteiger partial charge in [-0.15, -0.1) is 0 Å². The molecule has 6 nitrogen and oxygen atoms in total. The van der Waals surface area contributed by atoms with Gasteiger partial charge in [0, 0.05) is 24.3 Å². The zero-order valence-electron chi connectivity index (χ0n) is 16.2. The van der Waals surface area contributed by atoms with Gasteiger partial charge in [-0.1, -0.05) is 6.08 Å². The maximum Gasteiger partial charge on any atom is 0.408 e. The van der Waals surface area contributed by atoms with Crippen LogP contribution in [0.4, 0.5) is 18.9 Å². The number of ether oxygens (including phenoxy) is 1. The van der Waals surface area contributed by atoms with Crippen LogP contribution in [0.25, 0.3) is 0 Å². The van der Waals surface area contributed by atoms with E-state index in [0.717, 1.165) is 0 Å². The highest BCUT2D eigenvalue weighted by Crippen LogP contribution is 2.36. The molecule has 0 spiro atoms. The highest BCUT2D eigenvalue weighted by atomic mass is 32.2. The standard InChI is InChI=1S/C21H19F3N3O3S/c22-21(23,24)15-31(28,29)27(11-1-2-17(13-26)14-27)18-5-9-20(10-6-18)30-19-7-3-16(12-25)4-8-19/h1-10,14H,11,13,15,26H2/q+1. The molecule has 1 unspecified atom stereocenters. The fourth-order valence-electron chi connectivity index (χ4n) is 3.20. The molecule has 2 aromatic carbocycles. The summed E-state index contributed by atoms with van der Waals surface area (Å²) in [4.78, 5) is 0. The van der Waals surface area contributed by atoms with E-state index in [-0.39, 0.29) is 18.8 Å². The Bertz CT molecular complexity index is 1150. The van der Waals surface area contributed by atoms with Crippen LogP contribution in [0.2, 0.25) is 0 Å². The summed E-state index contributed by atoms with van der Waals surface area (Å²) < 4.78 is 69.6. The second-order valence-electron chi connectivity index (χ2n) is 6.86. The van der Waals surface area contributed by atoms with Gasteiger partial charge in [-0.05, 0) is 42.5 Å². The fraction of sp³-hybridized carbons (Fsp3) is 0.190. The van der Waals surface area contributed by atoms with Crippen LogP contribution in [0.1, 0.15) is 5.56 Å². The normalized spacial score (nSPS) is 18.9. The molecular formula is C21H19F3N3O3S+. The van der Waals surface area contributed by atoms with Crippen molar-refractivity contribution in [3.63, 3.8) is 0 Å². The van der Waals surface area contributed by atoms with Crippen molar-refractivity contribution in [3.05, 3.63) is 78.0 Å². The van der Waals surface area contributed by atoms with E-state index in [2.05, 4.69) is 0 Å². The van der Waals surface area contributed by atoms with Gasteiger partial charge >= 0.3 is 16.2 Å². The third kappa shape index (κ3) is 4.96. The second kappa shape index (κ2) is 8.55. The van der Waals surface area contributed by atoms with E-state index in [1.807, 2.05) is 6.07 Å². The molecule has 2 aromatic rings. The molecule has 1 aliphatic heterocycles. The first kappa shape index (κ1) is 22.6. The molecule has 31 heavy (non-hydrogen) atoms. The lowest BCUT2D eigenvalue weighted by Crippen LogP contribution is -2.54. The number of benzene rings is 2. The average Bonchev–Trinajstić information content (AvgIpc) is 2.73. The van der Waals surface area contributed by atoms with Crippen molar-refractivity contribution in [3.8, 4) is 17.6 Å². The Morgan fingerprint density at radius 2 is 1.65 bits per heavy atom. The number of alkyl halides is 3. The van der Waals surface area contributed by atoms with Crippen molar-refractivity contribution in [2.24, 2.45) is 5.73 Å². The summed E-state index contributed by atoms with van der Waals surface area (Å²) in [6.07, 6.45) is -0.544. The number of nitrogens with zero attached hydrogens (tertiary/aromatic N) is 2. The van der Waals surface area contributed by atoms with Crippen molar-refractivity contribution in [2.45, 2.75) is 6.18 Å². The number of hydrogen-bond donors (Lipinski definition) is 1. The van der Waals surface area contributed by atoms with Crippen LogP contribution in [-0.2, 0) is 10.0 Å². The first-order chi connectivity index (χ1) is 14.6. The molecule has 0 radical (unpaired) electrons. The summed E-state index contributed by atoms with van der Waals surface area (Å²) in [6.45, 7) is -0.213. The lowest BCUT2D eigenvalue weighted by atomic mass is 10.2. The second-order valence-corrected chi connectivity index (χ2v) is 8.97. The van der Waals surface area contributed by atoms with E-state index in [1.54, 1.807) is 30.3 Å². The van der Waals surface area contributed by atoms with Crippen LogP contribution in [-0.4, -0.2) is 33.4 Å². The Hall–Kier alpha value is -3.13. The number of nitrogens with two attached hydrogens (primary N) is 1. The first-order valence-corrected chi connectivity index (χ1v) is 10.7. The van der Waals surface area contributed by atoms with Gasteiger partial charge in [-0.25, -0.2) is 0 Å². The molecule has 0 saturated heterocycles. The molecule has 1 heterocycles. The minimum absolute atomic E-state index is 0.0159. The largest absolute Gasteiger partial charge is 0.457 e. The van der Waals surface area contributed by atoms with Gasteiger partial charge in [0.1, 0.15) is 24.2 Å². The third-order valence-corrected chi connectivity index (χ3v) is 6.80. The molecule has 10 heteroatoms. The van der Waals surface area contributed by atoms with Gasteiger partial charge in [0.05, 0.1) is 11.6 Å². The zero-order valence-corrected chi connectivity index (χ0v) is 17.0. The van der Waals surface area contributed by atoms with E-state index >= 15 is 0 Å². The van der Waals surface area contributed by atoms with Crippen LogP contribution in [0, 0.1) is 11.3 Å². The third-order valence-electron chi connectivity index (χ3n) is 4.65. The topological polar surface area (TPSA) is 93.2 Å². The summed E-state index contributed by atoms with van der Waals surface area (Å²) in [5, 5.41) is 8.84. The Morgan fingerprint density at radius 1 is 1.06 bits per heavy atom. The molecule has 0 saturated carbocycles. The highest BCUT2D eigenvalue weighted by Gasteiger charge is 2.50. The molecule has 1 atom stereocenters. The van der Waals surface area contributed by atoms with E-state index in [9.17, 15) is 21.6 Å². The van der Waals surface area contributed by atoms with Crippen LogP contribution >= 0.6 is 0 Å². The Labute approximate surface area is 177 Å². The summed E-state index contributed by atoms with van der Waals surface area (Å²) in [5.41, 5.74) is 6.62. The minimum atomic E-state index is -4.89. The van der Waals surface area contributed by atoms with Gasteiger partial charge in [-0.2, -0.15) is 30.7 Å². The molecule has 2 N–H and O–H groups in total. The first-order valence-electron chi connectivity index (χ1n) is 9.13. The van der Waals surface area contributed by atoms with Gasteiger partial charge in [0.2, 0.25) is 0 Å². The quantitative estimate of drug-likeness (QED) is 0.673. The van der Waals surface area contributed by atoms with Gasteiger partial charge in [0.15, 0.2) is 11.4 Å². The molecule has 0 aliphatic carbocycles. The number of hydrogen-bond acceptors (Lipinski definition) is 5. The van der Waals surface area contributed by atoms with Crippen LogP contribution in [0.15, 0.2) is 72.5 Å². The van der Waals surface area contributed by atoms with E-state index in [0.29, 0.717) is 22.6 Å². The maximum atomic E-state index is 13.0. The van der Waals surface area contributed by atoms with Gasteiger partial charge < -0.3 is 10.5 Å². The van der Waals surface area contributed by atoms with Gasteiger partial charge in [-0.3, -0.25) is 0 Å². The average molecular weight is 450 g/mol. The zero-order chi connectivity index (χ0) is 22.7. The summed E-state index contributed by atoms with van der Waals surface area (Å²) in [6, 6.07) is 14.1. The monoisotopic (exact) mass is 450 g/mol. The lowest BCUT2D eigenvalue weighted by Gasteiger charge is -2.34. The van der Waals surface area contributed by atoms with Crippen molar-refractivity contribution in [2.75, 3.05) is 18.8 Å². The minimum Gasteiger partial charge on any atom is -0.457 e. The number of halogens is 3.